The van der Waals surface area contributed by atoms with E-state index < -0.39 is 0 Å². The van der Waals surface area contributed by atoms with Crippen LogP contribution in [0.4, 0.5) is 11.5 Å². The summed E-state index contributed by atoms with van der Waals surface area (Å²) in [7, 11) is 0. The van der Waals surface area contributed by atoms with Gasteiger partial charge in [-0.1, -0.05) is 66.7 Å². The monoisotopic (exact) mass is 380 g/mol. The van der Waals surface area contributed by atoms with E-state index in [2.05, 4.69) is 20.6 Å². The van der Waals surface area contributed by atoms with Crippen molar-refractivity contribution in [1.29, 1.82) is 0 Å². The molecule has 5 nitrogen and oxygen atoms in total. The molecule has 0 bridgehead atoms. The van der Waals surface area contributed by atoms with Crippen LogP contribution >= 0.6 is 0 Å². The summed E-state index contributed by atoms with van der Waals surface area (Å²) < 4.78 is 0. The maximum atomic E-state index is 12.5. The van der Waals surface area contributed by atoms with Crippen LogP contribution in [0.2, 0.25) is 0 Å². The van der Waals surface area contributed by atoms with Crippen LogP contribution in [-0.4, -0.2) is 15.9 Å². The first kappa shape index (κ1) is 18.4. The first-order valence-corrected chi connectivity index (χ1v) is 9.34. The summed E-state index contributed by atoms with van der Waals surface area (Å²) in [5.41, 5.74) is 4.29. The second kappa shape index (κ2) is 8.80. The molecule has 2 N–H and O–H groups in total. The molecule has 3 aromatic carbocycles. The minimum atomic E-state index is -0.120. The third-order valence-electron chi connectivity index (χ3n) is 4.43. The van der Waals surface area contributed by atoms with Gasteiger partial charge in [0.2, 0.25) is 0 Å². The molecular formula is C24H20N4O. The fourth-order valence-electron chi connectivity index (χ4n) is 2.96. The molecule has 142 valence electrons. The maximum absolute atomic E-state index is 12.5. The number of hydrogen-bond donors (Lipinski definition) is 2. The van der Waals surface area contributed by atoms with Gasteiger partial charge in [0.1, 0.15) is 12.1 Å². The van der Waals surface area contributed by atoms with Crippen molar-refractivity contribution in [3.63, 3.8) is 0 Å². The summed E-state index contributed by atoms with van der Waals surface area (Å²) >= 11 is 0. The normalized spacial score (nSPS) is 10.3. The molecule has 4 rings (SSSR count). The summed E-state index contributed by atoms with van der Waals surface area (Å²) in [6.45, 7) is 0.490. The molecule has 0 saturated carbocycles. The van der Waals surface area contributed by atoms with E-state index in [-0.39, 0.29) is 5.91 Å². The van der Waals surface area contributed by atoms with Crippen molar-refractivity contribution in [2.75, 3.05) is 5.32 Å². The third kappa shape index (κ3) is 4.84. The lowest BCUT2D eigenvalue weighted by molar-refractivity contribution is 0.0951. The van der Waals surface area contributed by atoms with Gasteiger partial charge in [-0.2, -0.15) is 0 Å². The van der Waals surface area contributed by atoms with Gasteiger partial charge in [-0.3, -0.25) is 4.79 Å². The zero-order valence-corrected chi connectivity index (χ0v) is 15.7. The predicted molar refractivity (Wildman–Crippen MR) is 115 cm³/mol. The maximum Gasteiger partial charge on any atom is 0.251 e. The zero-order valence-electron chi connectivity index (χ0n) is 15.7. The average molecular weight is 380 g/mol. The van der Waals surface area contributed by atoms with E-state index in [1.807, 2.05) is 84.9 Å². The molecule has 1 heterocycles. The van der Waals surface area contributed by atoms with Crippen molar-refractivity contribution in [2.24, 2.45) is 0 Å². The molecule has 0 aliphatic heterocycles. The van der Waals surface area contributed by atoms with Crippen molar-refractivity contribution in [2.45, 2.75) is 6.54 Å². The second-order valence-corrected chi connectivity index (χ2v) is 6.53. The number of nitrogens with one attached hydrogen (secondary N) is 2. The fraction of sp³-hybridized carbons (Fsp3) is 0.0417. The molecule has 0 atom stereocenters. The zero-order chi connectivity index (χ0) is 19.9. The molecule has 1 aromatic heterocycles. The Morgan fingerprint density at radius 1 is 0.793 bits per heavy atom. The van der Waals surface area contributed by atoms with Crippen LogP contribution < -0.4 is 10.6 Å². The highest BCUT2D eigenvalue weighted by atomic mass is 16.1. The Morgan fingerprint density at radius 3 is 2.34 bits per heavy atom. The number of anilines is 2. The Hall–Kier alpha value is -3.99. The third-order valence-corrected chi connectivity index (χ3v) is 4.43. The highest BCUT2D eigenvalue weighted by molar-refractivity contribution is 5.95. The van der Waals surface area contributed by atoms with Gasteiger partial charge in [0.05, 0.1) is 5.69 Å². The van der Waals surface area contributed by atoms with Crippen LogP contribution in [0.1, 0.15) is 15.9 Å². The van der Waals surface area contributed by atoms with Crippen LogP contribution in [0.3, 0.4) is 0 Å². The summed E-state index contributed by atoms with van der Waals surface area (Å²) in [4.78, 5) is 21.1. The van der Waals surface area contributed by atoms with E-state index in [9.17, 15) is 4.79 Å². The Labute approximate surface area is 169 Å². The molecule has 1 amide bonds. The summed E-state index contributed by atoms with van der Waals surface area (Å²) in [5, 5.41) is 6.20. The molecule has 5 heteroatoms. The summed E-state index contributed by atoms with van der Waals surface area (Å²) in [5.74, 6) is 0.547. The van der Waals surface area contributed by atoms with Gasteiger partial charge in [-0.25, -0.2) is 9.97 Å². The SMILES string of the molecule is O=C(NCc1ccccc1)c1cccc(Nc2cc(-c3ccccc3)ncn2)c1. The molecule has 0 aliphatic rings. The first-order chi connectivity index (χ1) is 14.3. The van der Waals surface area contributed by atoms with Crippen molar-refractivity contribution in [3.05, 3.63) is 108 Å². The lowest BCUT2D eigenvalue weighted by Gasteiger charge is -2.09. The van der Waals surface area contributed by atoms with Gasteiger partial charge in [0.25, 0.3) is 5.91 Å². The lowest BCUT2D eigenvalue weighted by atomic mass is 10.1. The Morgan fingerprint density at radius 2 is 1.55 bits per heavy atom. The first-order valence-electron chi connectivity index (χ1n) is 9.34. The van der Waals surface area contributed by atoms with Crippen LogP contribution in [0.5, 0.6) is 0 Å². The van der Waals surface area contributed by atoms with Gasteiger partial charge in [-0.05, 0) is 23.8 Å². The topological polar surface area (TPSA) is 66.9 Å². The highest BCUT2D eigenvalue weighted by Gasteiger charge is 2.07. The highest BCUT2D eigenvalue weighted by Crippen LogP contribution is 2.21. The Kier molecular flexibility index (Phi) is 5.58. The van der Waals surface area contributed by atoms with E-state index in [4.69, 9.17) is 0 Å². The Bertz CT molecular complexity index is 1100. The molecule has 0 radical (unpaired) electrons. The second-order valence-electron chi connectivity index (χ2n) is 6.53. The van der Waals surface area contributed by atoms with Crippen molar-refractivity contribution in [1.82, 2.24) is 15.3 Å². The van der Waals surface area contributed by atoms with E-state index in [0.717, 1.165) is 22.5 Å². The van der Waals surface area contributed by atoms with Crippen molar-refractivity contribution < 1.29 is 4.79 Å². The average Bonchev–Trinajstić information content (AvgIpc) is 2.79. The lowest BCUT2D eigenvalue weighted by Crippen LogP contribution is -2.22. The van der Waals surface area contributed by atoms with Crippen molar-refractivity contribution >= 4 is 17.4 Å². The smallest absolute Gasteiger partial charge is 0.251 e. The van der Waals surface area contributed by atoms with Gasteiger partial charge < -0.3 is 10.6 Å². The fourth-order valence-corrected chi connectivity index (χ4v) is 2.96. The number of carbonyl (C=O) groups excluding carboxylic acids is 1. The van der Waals surface area contributed by atoms with Crippen molar-refractivity contribution in [3.8, 4) is 11.3 Å². The molecule has 0 unspecified atom stereocenters. The number of carbonyl (C=O) groups is 1. The number of aromatic nitrogens is 2. The summed E-state index contributed by atoms with van der Waals surface area (Å²) in [6, 6.07) is 29.0. The van der Waals surface area contributed by atoms with Gasteiger partial charge >= 0.3 is 0 Å². The molecule has 0 saturated heterocycles. The molecular weight excluding hydrogens is 360 g/mol. The Balaban J connectivity index is 1.46. The quantitative estimate of drug-likeness (QED) is 0.503. The van der Waals surface area contributed by atoms with Gasteiger partial charge in [0.15, 0.2) is 0 Å². The molecule has 0 fully saturated rings. The van der Waals surface area contributed by atoms with Gasteiger partial charge in [-0.15, -0.1) is 0 Å². The van der Waals surface area contributed by atoms with Gasteiger partial charge in [0, 0.05) is 29.4 Å². The number of rotatable bonds is 6. The minimum Gasteiger partial charge on any atom is -0.348 e. The van der Waals surface area contributed by atoms with E-state index in [1.54, 1.807) is 6.07 Å². The predicted octanol–water partition coefficient (Wildman–Crippen LogP) is 4.82. The molecule has 29 heavy (non-hydrogen) atoms. The number of hydrogen-bond acceptors (Lipinski definition) is 4. The minimum absolute atomic E-state index is 0.120. The standard InChI is InChI=1S/C24H20N4O/c29-24(25-16-18-8-3-1-4-9-18)20-12-7-13-21(14-20)28-23-15-22(26-17-27-23)19-10-5-2-6-11-19/h1-15,17H,16H2,(H,25,29)(H,26,27,28). The van der Waals surface area contributed by atoms with E-state index in [0.29, 0.717) is 17.9 Å². The molecule has 4 aromatic rings. The number of amides is 1. The molecule has 0 aliphatic carbocycles. The number of nitrogens with zero attached hydrogens (tertiary/aromatic N) is 2. The van der Waals surface area contributed by atoms with Crippen LogP contribution in [0, 0.1) is 0 Å². The van der Waals surface area contributed by atoms with Crippen LogP contribution in [-0.2, 0) is 6.54 Å². The van der Waals surface area contributed by atoms with Crippen LogP contribution in [0.15, 0.2) is 97.3 Å². The number of benzene rings is 3. The van der Waals surface area contributed by atoms with Crippen LogP contribution in [0.25, 0.3) is 11.3 Å². The summed E-state index contributed by atoms with van der Waals surface area (Å²) in [6.07, 6.45) is 1.53. The van der Waals surface area contributed by atoms with E-state index >= 15 is 0 Å². The molecule has 0 spiro atoms. The largest absolute Gasteiger partial charge is 0.348 e. The van der Waals surface area contributed by atoms with E-state index in [1.165, 1.54) is 6.33 Å².